The molecular weight excluding hydrogens is 484 g/mol. The Kier molecular flexibility index (Phi) is 9.82. The number of carbonyl (C=O) groups is 4. The van der Waals surface area contributed by atoms with E-state index < -0.39 is 55.3 Å². The van der Waals surface area contributed by atoms with Gasteiger partial charge in [-0.15, -0.1) is 0 Å². The lowest BCUT2D eigenvalue weighted by Gasteiger charge is -2.19. The normalized spacial score (nSPS) is 19.8. The van der Waals surface area contributed by atoms with Gasteiger partial charge in [0, 0.05) is 18.7 Å². The Morgan fingerprint density at radius 1 is 1.14 bits per heavy atom. The van der Waals surface area contributed by atoms with Gasteiger partial charge >= 0.3 is 17.9 Å². The Balaban J connectivity index is 1.73. The first-order chi connectivity index (χ1) is 17.8. The molecule has 11 heteroatoms. The number of carbonyl (C=O) groups excluding carboxylic acids is 4. The molecule has 2 aromatic rings. The molecule has 2 heterocycles. The number of nitrogens with zero attached hydrogens (tertiary/aromatic N) is 1. The van der Waals surface area contributed by atoms with Crippen molar-refractivity contribution >= 4 is 23.8 Å². The molecule has 198 valence electrons. The predicted octanol–water partition coefficient (Wildman–Crippen LogP) is 2.22. The molecule has 3 rings (SSSR count). The molecule has 0 aliphatic carbocycles. The Morgan fingerprint density at radius 2 is 1.89 bits per heavy atom. The number of methoxy groups -OCH3 is 1. The molecule has 37 heavy (non-hydrogen) atoms. The smallest absolute Gasteiger partial charge is 0.332 e. The number of rotatable bonds is 9. The number of aromatic nitrogens is 1. The van der Waals surface area contributed by atoms with Gasteiger partial charge in [0.05, 0.1) is 19.1 Å². The van der Waals surface area contributed by atoms with Crippen LogP contribution in [0.1, 0.15) is 42.7 Å². The summed E-state index contributed by atoms with van der Waals surface area (Å²) in [6.45, 7) is 2.41. The highest BCUT2D eigenvalue weighted by atomic mass is 16.7. The summed E-state index contributed by atoms with van der Waals surface area (Å²) in [5.41, 5.74) is 0.731. The van der Waals surface area contributed by atoms with E-state index in [0.717, 1.165) is 5.56 Å². The number of nitrogens with one attached hydrogen (secondary N) is 1. The number of hydrogen-bond acceptors (Lipinski definition) is 10. The summed E-state index contributed by atoms with van der Waals surface area (Å²) in [5, 5.41) is 2.49. The summed E-state index contributed by atoms with van der Waals surface area (Å²) in [6, 6.07) is 9.62. The van der Waals surface area contributed by atoms with E-state index >= 15 is 0 Å². The maximum atomic E-state index is 13.1. The Hall–Kier alpha value is -4.15. The van der Waals surface area contributed by atoms with Crippen molar-refractivity contribution in [2.45, 2.75) is 45.3 Å². The lowest BCUT2D eigenvalue weighted by Crippen LogP contribution is -2.46. The number of hydrogen-bond donors (Lipinski definition) is 1. The zero-order chi connectivity index (χ0) is 26.8. The first-order valence-electron chi connectivity index (χ1n) is 11.9. The molecule has 11 nitrogen and oxygen atoms in total. The third-order valence-corrected chi connectivity index (χ3v) is 5.59. The van der Waals surface area contributed by atoms with Gasteiger partial charge in [0.15, 0.2) is 23.2 Å². The number of benzene rings is 1. The molecule has 0 radical (unpaired) electrons. The van der Waals surface area contributed by atoms with Gasteiger partial charge in [-0.3, -0.25) is 14.4 Å². The van der Waals surface area contributed by atoms with E-state index in [4.69, 9.17) is 23.7 Å². The van der Waals surface area contributed by atoms with Gasteiger partial charge in [-0.2, -0.15) is 0 Å². The summed E-state index contributed by atoms with van der Waals surface area (Å²) in [5.74, 6) is -2.99. The molecule has 1 saturated heterocycles. The van der Waals surface area contributed by atoms with Crippen LogP contribution in [0.15, 0.2) is 42.6 Å². The number of ether oxygens (including phenoxy) is 5. The van der Waals surface area contributed by atoms with Crippen LogP contribution in [0, 0.1) is 5.92 Å². The largest absolute Gasteiger partial charge is 0.493 e. The van der Waals surface area contributed by atoms with Crippen molar-refractivity contribution in [1.29, 1.82) is 0 Å². The lowest BCUT2D eigenvalue weighted by molar-refractivity contribution is -0.152. The molecule has 0 saturated carbocycles. The number of cyclic esters (lactones) is 2. The molecule has 1 aromatic heterocycles. The molecule has 1 aliphatic rings. The van der Waals surface area contributed by atoms with Gasteiger partial charge in [0.1, 0.15) is 6.61 Å². The van der Waals surface area contributed by atoms with Crippen LogP contribution >= 0.6 is 0 Å². The molecule has 1 fully saturated rings. The van der Waals surface area contributed by atoms with Crippen LogP contribution in [0.5, 0.6) is 11.5 Å². The van der Waals surface area contributed by atoms with Gasteiger partial charge in [-0.05, 0) is 25.3 Å². The van der Waals surface area contributed by atoms with Crippen LogP contribution in [0.4, 0.5) is 0 Å². The maximum Gasteiger partial charge on any atom is 0.332 e. The average Bonchev–Trinajstić information content (AvgIpc) is 2.94. The third-order valence-electron chi connectivity index (χ3n) is 5.59. The third kappa shape index (κ3) is 7.66. The van der Waals surface area contributed by atoms with Crippen molar-refractivity contribution in [2.24, 2.45) is 5.92 Å². The molecular formula is C26H30N2O9. The minimum atomic E-state index is -1.28. The van der Waals surface area contributed by atoms with Crippen LogP contribution in [0.2, 0.25) is 0 Å². The Bertz CT molecular complexity index is 1110. The van der Waals surface area contributed by atoms with Crippen LogP contribution in [0.25, 0.3) is 0 Å². The number of amides is 1. The lowest BCUT2D eigenvalue weighted by atomic mass is 9.94. The SMILES string of the molecule is CCC(=O)OCOc1c(OC)ccnc1C(=O)NC1COC(=O)[C@H](Cc2ccccc2)C[C@H](C)OC1=O. The van der Waals surface area contributed by atoms with Crippen LogP contribution in [-0.2, 0) is 35.0 Å². The average molecular weight is 515 g/mol. The summed E-state index contributed by atoms with van der Waals surface area (Å²) in [6.07, 6.45) is 1.57. The van der Waals surface area contributed by atoms with Gasteiger partial charge in [0.2, 0.25) is 6.79 Å². The van der Waals surface area contributed by atoms with Crippen molar-refractivity contribution < 1.29 is 42.9 Å². The van der Waals surface area contributed by atoms with Gasteiger partial charge in [0.25, 0.3) is 5.91 Å². The zero-order valence-electron chi connectivity index (χ0n) is 20.9. The molecule has 3 atom stereocenters. The highest BCUT2D eigenvalue weighted by molar-refractivity contribution is 5.98. The maximum absolute atomic E-state index is 13.1. The number of pyridine rings is 1. The second-order valence-corrected chi connectivity index (χ2v) is 8.35. The summed E-state index contributed by atoms with van der Waals surface area (Å²) in [4.78, 5) is 54.2. The zero-order valence-corrected chi connectivity index (χ0v) is 20.9. The Labute approximate surface area is 214 Å². The van der Waals surface area contributed by atoms with Gasteiger partial charge < -0.3 is 29.0 Å². The highest BCUT2D eigenvalue weighted by Gasteiger charge is 2.33. The summed E-state index contributed by atoms with van der Waals surface area (Å²) >= 11 is 0. The molecule has 1 aliphatic heterocycles. The van der Waals surface area contributed by atoms with E-state index in [1.807, 2.05) is 30.3 Å². The summed E-state index contributed by atoms with van der Waals surface area (Å²) in [7, 11) is 1.37. The van der Waals surface area contributed by atoms with Crippen molar-refractivity contribution in [3.05, 3.63) is 53.9 Å². The minimum absolute atomic E-state index is 0.0869. The van der Waals surface area contributed by atoms with Crippen LogP contribution in [0.3, 0.4) is 0 Å². The van der Waals surface area contributed by atoms with E-state index in [0.29, 0.717) is 6.42 Å². The van der Waals surface area contributed by atoms with E-state index in [-0.39, 0.29) is 30.0 Å². The molecule has 0 bridgehead atoms. The van der Waals surface area contributed by atoms with Crippen molar-refractivity contribution in [2.75, 3.05) is 20.5 Å². The summed E-state index contributed by atoms with van der Waals surface area (Å²) < 4.78 is 26.5. The molecule has 1 unspecified atom stereocenters. The van der Waals surface area contributed by atoms with Crippen molar-refractivity contribution in [1.82, 2.24) is 10.3 Å². The van der Waals surface area contributed by atoms with E-state index in [1.54, 1.807) is 13.8 Å². The van der Waals surface area contributed by atoms with Crippen LogP contribution < -0.4 is 14.8 Å². The molecule has 0 spiro atoms. The topological polar surface area (TPSA) is 139 Å². The minimum Gasteiger partial charge on any atom is -0.493 e. The van der Waals surface area contributed by atoms with E-state index in [2.05, 4.69) is 10.3 Å². The van der Waals surface area contributed by atoms with E-state index in [9.17, 15) is 19.2 Å². The van der Waals surface area contributed by atoms with E-state index in [1.165, 1.54) is 19.4 Å². The van der Waals surface area contributed by atoms with Crippen molar-refractivity contribution in [3.63, 3.8) is 0 Å². The van der Waals surface area contributed by atoms with Gasteiger partial charge in [-0.25, -0.2) is 9.78 Å². The fourth-order valence-electron chi connectivity index (χ4n) is 3.72. The first-order valence-corrected chi connectivity index (χ1v) is 11.9. The number of esters is 3. The fourth-order valence-corrected chi connectivity index (χ4v) is 3.72. The van der Waals surface area contributed by atoms with Gasteiger partial charge in [-0.1, -0.05) is 37.3 Å². The quantitative estimate of drug-likeness (QED) is 0.301. The fraction of sp³-hybridized carbons (Fsp3) is 0.423. The standard InChI is InChI=1S/C26H30N2O9/c1-4-21(29)35-15-36-23-20(33-3)10-11-27-22(23)24(30)28-19-14-34-25(31)18(12-16(2)37-26(19)32)13-17-8-6-5-7-9-17/h5-11,16,18-19H,4,12-15H2,1-3H3,(H,28,30)/t16-,18-,19?/m0/s1. The monoisotopic (exact) mass is 514 g/mol. The molecule has 1 aromatic carbocycles. The van der Waals surface area contributed by atoms with Crippen molar-refractivity contribution in [3.8, 4) is 11.5 Å². The molecule has 1 amide bonds. The Morgan fingerprint density at radius 3 is 2.59 bits per heavy atom. The second kappa shape index (κ2) is 13.2. The first kappa shape index (κ1) is 27.4. The molecule has 1 N–H and O–H groups in total. The predicted molar refractivity (Wildman–Crippen MR) is 129 cm³/mol. The second-order valence-electron chi connectivity index (χ2n) is 8.35. The highest BCUT2D eigenvalue weighted by Crippen LogP contribution is 2.29. The van der Waals surface area contributed by atoms with Crippen LogP contribution in [-0.4, -0.2) is 61.5 Å².